The first-order chi connectivity index (χ1) is 8.34. The molecule has 0 unspecified atom stereocenters. The molecule has 2 heterocycles. The van der Waals surface area contributed by atoms with E-state index in [0.29, 0.717) is 12.0 Å². The van der Waals surface area contributed by atoms with E-state index in [1.807, 2.05) is 22.7 Å². The van der Waals surface area contributed by atoms with Crippen LogP contribution in [0.2, 0.25) is 0 Å². The molecule has 0 spiro atoms. The van der Waals surface area contributed by atoms with E-state index >= 15 is 0 Å². The number of hydrogen-bond acceptors (Lipinski definition) is 2. The number of hydrogen-bond donors (Lipinski definition) is 0. The normalized spacial score (nSPS) is 10.9. The summed E-state index contributed by atoms with van der Waals surface area (Å²) in [6, 6.07) is 8.57. The van der Waals surface area contributed by atoms with Crippen molar-refractivity contribution in [2.45, 2.75) is 6.42 Å². The number of benzene rings is 1. The summed E-state index contributed by atoms with van der Waals surface area (Å²) >= 11 is 0. The molecule has 17 heavy (non-hydrogen) atoms. The molecule has 0 saturated carbocycles. The van der Waals surface area contributed by atoms with Crippen LogP contribution in [0, 0.1) is 5.82 Å². The van der Waals surface area contributed by atoms with Crippen molar-refractivity contribution in [3.8, 4) is 0 Å². The van der Waals surface area contributed by atoms with Crippen LogP contribution in [-0.2, 0) is 6.42 Å². The zero-order valence-corrected chi connectivity index (χ0v) is 9.05. The Labute approximate surface area is 97.6 Å². The van der Waals surface area contributed by atoms with Gasteiger partial charge in [-0.05, 0) is 17.7 Å². The first-order valence-corrected chi connectivity index (χ1v) is 5.34. The molecule has 3 nitrogen and oxygen atoms in total. The van der Waals surface area contributed by atoms with Crippen molar-refractivity contribution in [3.63, 3.8) is 0 Å². The Morgan fingerprint density at radius 3 is 2.88 bits per heavy atom. The van der Waals surface area contributed by atoms with E-state index in [0.717, 1.165) is 11.3 Å². The fourth-order valence-corrected chi connectivity index (χ4v) is 1.84. The molecule has 0 fully saturated rings. The van der Waals surface area contributed by atoms with Gasteiger partial charge in [0.1, 0.15) is 12.1 Å². The number of nitrogens with zero attached hydrogens (tertiary/aromatic N) is 3. The van der Waals surface area contributed by atoms with Gasteiger partial charge in [0.25, 0.3) is 0 Å². The summed E-state index contributed by atoms with van der Waals surface area (Å²) < 4.78 is 15.4. The molecule has 0 radical (unpaired) electrons. The van der Waals surface area contributed by atoms with Gasteiger partial charge < -0.3 is 0 Å². The summed E-state index contributed by atoms with van der Waals surface area (Å²) in [4.78, 5) is 8.51. The molecule has 4 heteroatoms. The minimum atomic E-state index is -0.204. The average Bonchev–Trinajstić information content (AvgIpc) is 2.76. The Hall–Kier alpha value is -2.23. The number of aromatic nitrogens is 3. The van der Waals surface area contributed by atoms with Crippen LogP contribution in [0.4, 0.5) is 4.39 Å². The molecule has 0 aliphatic rings. The third kappa shape index (κ3) is 1.78. The van der Waals surface area contributed by atoms with Gasteiger partial charge in [-0.3, -0.25) is 4.40 Å². The molecule has 84 valence electrons. The molecular weight excluding hydrogens is 217 g/mol. The molecule has 0 bridgehead atoms. The smallest absolute Gasteiger partial charge is 0.159 e. The minimum absolute atomic E-state index is 0.204. The maximum Gasteiger partial charge on any atom is 0.159 e. The van der Waals surface area contributed by atoms with E-state index in [1.165, 1.54) is 6.07 Å². The monoisotopic (exact) mass is 227 g/mol. The van der Waals surface area contributed by atoms with Crippen LogP contribution < -0.4 is 0 Å². The lowest BCUT2D eigenvalue weighted by Crippen LogP contribution is -1.94. The van der Waals surface area contributed by atoms with Crippen LogP contribution in [0.1, 0.15) is 11.3 Å². The lowest BCUT2D eigenvalue weighted by Gasteiger charge is -2.00. The fourth-order valence-electron chi connectivity index (χ4n) is 1.84. The second kappa shape index (κ2) is 3.97. The lowest BCUT2D eigenvalue weighted by molar-refractivity contribution is 0.613. The highest BCUT2D eigenvalue weighted by Crippen LogP contribution is 2.14. The standard InChI is InChI=1S/C13H10FN3/c14-11-5-2-1-4-10(11)8-12-13-15-6-3-7-17(13)9-16-12/h1-7,9H,8H2. The highest BCUT2D eigenvalue weighted by Gasteiger charge is 2.08. The average molecular weight is 227 g/mol. The van der Waals surface area contributed by atoms with Gasteiger partial charge in [0.05, 0.1) is 5.69 Å². The van der Waals surface area contributed by atoms with Crippen molar-refractivity contribution >= 4 is 5.65 Å². The van der Waals surface area contributed by atoms with Crippen molar-refractivity contribution in [1.29, 1.82) is 0 Å². The molecule has 0 N–H and O–H groups in total. The highest BCUT2D eigenvalue weighted by atomic mass is 19.1. The van der Waals surface area contributed by atoms with Gasteiger partial charge in [-0.2, -0.15) is 0 Å². The third-order valence-corrected chi connectivity index (χ3v) is 2.69. The number of rotatable bonds is 2. The summed E-state index contributed by atoms with van der Waals surface area (Å²) in [5.41, 5.74) is 2.20. The first kappa shape index (κ1) is 9.96. The quantitative estimate of drug-likeness (QED) is 0.673. The number of halogens is 1. The van der Waals surface area contributed by atoms with E-state index < -0.39 is 0 Å². The predicted octanol–water partition coefficient (Wildman–Crippen LogP) is 2.46. The van der Waals surface area contributed by atoms with Crippen molar-refractivity contribution in [2.24, 2.45) is 0 Å². The molecule has 0 aliphatic heterocycles. The minimum Gasteiger partial charge on any atom is -0.290 e. The number of fused-ring (bicyclic) bond motifs is 1. The predicted molar refractivity (Wildman–Crippen MR) is 62.2 cm³/mol. The Morgan fingerprint density at radius 1 is 1.12 bits per heavy atom. The van der Waals surface area contributed by atoms with Crippen molar-refractivity contribution < 1.29 is 4.39 Å². The van der Waals surface area contributed by atoms with Crippen LogP contribution in [0.25, 0.3) is 5.65 Å². The molecule has 0 atom stereocenters. The van der Waals surface area contributed by atoms with E-state index in [4.69, 9.17) is 0 Å². The second-order valence-corrected chi connectivity index (χ2v) is 3.81. The van der Waals surface area contributed by atoms with Crippen LogP contribution in [0.5, 0.6) is 0 Å². The van der Waals surface area contributed by atoms with Crippen molar-refractivity contribution in [3.05, 3.63) is 66.1 Å². The molecule has 0 aliphatic carbocycles. The molecule has 2 aromatic heterocycles. The van der Waals surface area contributed by atoms with Gasteiger partial charge in [0.2, 0.25) is 0 Å². The van der Waals surface area contributed by atoms with Crippen molar-refractivity contribution in [2.75, 3.05) is 0 Å². The zero-order chi connectivity index (χ0) is 11.7. The van der Waals surface area contributed by atoms with Gasteiger partial charge in [-0.25, -0.2) is 14.4 Å². The molecule has 1 aromatic carbocycles. The summed E-state index contributed by atoms with van der Waals surface area (Å²) in [7, 11) is 0. The SMILES string of the molecule is Fc1ccccc1Cc1ncn2cccnc12. The van der Waals surface area contributed by atoms with Crippen LogP contribution in [-0.4, -0.2) is 14.4 Å². The van der Waals surface area contributed by atoms with Gasteiger partial charge in [0, 0.05) is 18.8 Å². The van der Waals surface area contributed by atoms with Crippen LogP contribution in [0.15, 0.2) is 49.1 Å². The molecule has 3 aromatic rings. The maximum absolute atomic E-state index is 13.5. The van der Waals surface area contributed by atoms with Crippen LogP contribution >= 0.6 is 0 Å². The third-order valence-electron chi connectivity index (χ3n) is 2.69. The Kier molecular flexibility index (Phi) is 2.33. The largest absolute Gasteiger partial charge is 0.290 e. The summed E-state index contributed by atoms with van der Waals surface area (Å²) in [5.74, 6) is -0.204. The zero-order valence-electron chi connectivity index (χ0n) is 9.05. The topological polar surface area (TPSA) is 30.2 Å². The van der Waals surface area contributed by atoms with Gasteiger partial charge >= 0.3 is 0 Å². The Morgan fingerprint density at radius 2 is 2.00 bits per heavy atom. The van der Waals surface area contributed by atoms with Crippen molar-refractivity contribution in [1.82, 2.24) is 14.4 Å². The molecule has 0 amide bonds. The highest BCUT2D eigenvalue weighted by molar-refractivity contribution is 5.45. The fraction of sp³-hybridized carbons (Fsp3) is 0.0769. The van der Waals surface area contributed by atoms with E-state index in [2.05, 4.69) is 9.97 Å². The Bertz CT molecular complexity index is 660. The van der Waals surface area contributed by atoms with E-state index in [-0.39, 0.29) is 5.82 Å². The van der Waals surface area contributed by atoms with Gasteiger partial charge in [-0.15, -0.1) is 0 Å². The molecule has 3 rings (SSSR count). The molecule has 0 saturated heterocycles. The first-order valence-electron chi connectivity index (χ1n) is 5.34. The van der Waals surface area contributed by atoms with E-state index in [1.54, 1.807) is 24.7 Å². The van der Waals surface area contributed by atoms with E-state index in [9.17, 15) is 4.39 Å². The van der Waals surface area contributed by atoms with Gasteiger partial charge in [0.15, 0.2) is 5.65 Å². The van der Waals surface area contributed by atoms with Crippen LogP contribution in [0.3, 0.4) is 0 Å². The second-order valence-electron chi connectivity index (χ2n) is 3.81. The lowest BCUT2D eigenvalue weighted by atomic mass is 10.1. The molecular formula is C13H10FN3. The summed E-state index contributed by atoms with van der Waals surface area (Å²) in [6.07, 6.45) is 5.74. The maximum atomic E-state index is 13.5. The van der Waals surface area contributed by atoms with Gasteiger partial charge in [-0.1, -0.05) is 18.2 Å². The summed E-state index contributed by atoms with van der Waals surface area (Å²) in [5, 5.41) is 0. The Balaban J connectivity index is 2.03. The number of imidazole rings is 1. The summed E-state index contributed by atoms with van der Waals surface area (Å²) in [6.45, 7) is 0.